The van der Waals surface area contributed by atoms with Gasteiger partial charge in [0, 0.05) is 4.47 Å². The predicted octanol–water partition coefficient (Wildman–Crippen LogP) is 15.4. The number of benzene rings is 12. The third kappa shape index (κ3) is 7.96. The molecule has 2 N–H and O–H groups in total. The van der Waals surface area contributed by atoms with Crippen molar-refractivity contribution < 1.29 is 10.0 Å². The Kier molecular flexibility index (Phi) is 11.6. The van der Waals surface area contributed by atoms with Gasteiger partial charge in [-0.2, -0.15) is 0 Å². The van der Waals surface area contributed by atoms with Crippen molar-refractivity contribution in [1.29, 1.82) is 0 Å². The van der Waals surface area contributed by atoms with E-state index in [1.807, 2.05) is 48.5 Å². The van der Waals surface area contributed by atoms with E-state index in [0.29, 0.717) is 5.46 Å². The van der Waals surface area contributed by atoms with Crippen LogP contribution in [0.2, 0.25) is 0 Å². The summed E-state index contributed by atoms with van der Waals surface area (Å²) in [6.45, 7) is 0. The average Bonchev–Trinajstić information content (AvgIpc) is 3.36. The lowest BCUT2D eigenvalue weighted by molar-refractivity contribution is 0.426. The van der Waals surface area contributed by atoms with E-state index in [4.69, 9.17) is 0 Å². The molecule has 0 saturated heterocycles. The van der Waals surface area contributed by atoms with E-state index in [9.17, 15) is 10.0 Å². The van der Waals surface area contributed by atoms with Crippen molar-refractivity contribution in [3.8, 4) is 33.4 Å². The van der Waals surface area contributed by atoms with E-state index < -0.39 is 7.12 Å². The van der Waals surface area contributed by atoms with Crippen LogP contribution in [-0.4, -0.2) is 17.2 Å². The second kappa shape index (κ2) is 18.2. The van der Waals surface area contributed by atoms with Gasteiger partial charge in [0.15, 0.2) is 0 Å². The Labute approximate surface area is 381 Å². The zero-order valence-electron chi connectivity index (χ0n) is 34.9. The van der Waals surface area contributed by atoms with Gasteiger partial charge in [0.05, 0.1) is 0 Å². The minimum atomic E-state index is -1.45. The molecule has 0 aliphatic heterocycles. The highest BCUT2D eigenvalue weighted by atomic mass is 79.9. The lowest BCUT2D eigenvalue weighted by Gasteiger charge is -2.16. The van der Waals surface area contributed by atoms with Crippen molar-refractivity contribution in [1.82, 2.24) is 0 Å². The minimum absolute atomic E-state index is 0.537. The summed E-state index contributed by atoms with van der Waals surface area (Å²) in [5, 5.41) is 33.6. The molecule has 0 atom stereocenters. The Bertz CT molecular complexity index is 3500. The molecule has 0 saturated carbocycles. The maximum absolute atomic E-state index is 9.44. The number of halogens is 1. The zero-order valence-corrected chi connectivity index (χ0v) is 36.5. The molecule has 12 rings (SSSR count). The molecule has 304 valence electrons. The fourth-order valence-corrected chi connectivity index (χ4v) is 9.79. The van der Waals surface area contributed by atoms with Gasteiger partial charge in [-0.05, 0) is 132 Å². The zero-order chi connectivity index (χ0) is 43.4. The van der Waals surface area contributed by atoms with Gasteiger partial charge in [0.25, 0.3) is 0 Å². The van der Waals surface area contributed by atoms with E-state index in [1.54, 1.807) is 6.07 Å². The quantitative estimate of drug-likeness (QED) is 0.137. The van der Waals surface area contributed by atoms with Crippen LogP contribution >= 0.6 is 15.9 Å². The van der Waals surface area contributed by atoms with Crippen LogP contribution < -0.4 is 5.46 Å². The lowest BCUT2D eigenvalue weighted by atomic mass is 9.76. The van der Waals surface area contributed by atoms with Crippen LogP contribution in [-0.2, 0) is 0 Å². The molecule has 0 amide bonds. The molecular weight excluding hydrogens is 843 g/mol. The molecule has 12 aromatic rings. The highest BCUT2D eigenvalue weighted by Gasteiger charge is 2.17. The number of fused-ring (bicyclic) bond motifs is 6. The summed E-state index contributed by atoms with van der Waals surface area (Å²) in [6, 6.07) is 84.5. The van der Waals surface area contributed by atoms with E-state index >= 15 is 0 Å². The van der Waals surface area contributed by atoms with E-state index in [0.717, 1.165) is 21.9 Å². The SMILES string of the molecule is Brc1c2ccccc2cc2ccccc12.OB(O)c1ccc(-c2ccccc2)c2ccccc12.c1ccc(-c2ccc(-c3c4ccccc4cc4ccccc34)c3ccccc23)cc1. The van der Waals surface area contributed by atoms with Crippen molar-refractivity contribution in [3.05, 3.63) is 247 Å². The Hall–Kier alpha value is -7.34. The largest absolute Gasteiger partial charge is 0.489 e. The maximum Gasteiger partial charge on any atom is 0.489 e. The Morgan fingerprint density at radius 2 is 0.594 bits per heavy atom. The van der Waals surface area contributed by atoms with Gasteiger partial charge in [-0.15, -0.1) is 0 Å². The third-order valence-corrected chi connectivity index (χ3v) is 12.9. The third-order valence-electron chi connectivity index (χ3n) is 12.1. The van der Waals surface area contributed by atoms with Crippen LogP contribution in [0.15, 0.2) is 247 Å². The Morgan fingerprint density at radius 1 is 0.281 bits per heavy atom. The second-order valence-corrected chi connectivity index (χ2v) is 16.7. The maximum atomic E-state index is 9.44. The molecule has 0 spiro atoms. The summed E-state index contributed by atoms with van der Waals surface area (Å²) >= 11 is 3.68. The molecular formula is C60H42BBrO2. The second-order valence-electron chi connectivity index (χ2n) is 15.9. The molecule has 0 aliphatic rings. The fourth-order valence-electron chi connectivity index (χ4n) is 9.07. The van der Waals surface area contributed by atoms with Crippen molar-refractivity contribution in [2.75, 3.05) is 0 Å². The molecule has 0 radical (unpaired) electrons. The van der Waals surface area contributed by atoms with Crippen LogP contribution in [0.4, 0.5) is 0 Å². The van der Waals surface area contributed by atoms with Gasteiger partial charge in [0.1, 0.15) is 0 Å². The first kappa shape index (κ1) is 40.7. The van der Waals surface area contributed by atoms with Crippen LogP contribution in [0, 0.1) is 0 Å². The van der Waals surface area contributed by atoms with Crippen molar-refractivity contribution >= 4 is 93.1 Å². The molecule has 4 heteroatoms. The summed E-state index contributed by atoms with van der Waals surface area (Å²) < 4.78 is 1.19. The van der Waals surface area contributed by atoms with Crippen molar-refractivity contribution in [2.45, 2.75) is 0 Å². The summed E-state index contributed by atoms with van der Waals surface area (Å²) in [5.74, 6) is 0. The Balaban J connectivity index is 0.000000122. The van der Waals surface area contributed by atoms with Crippen LogP contribution in [0.3, 0.4) is 0 Å². The average molecular weight is 886 g/mol. The van der Waals surface area contributed by atoms with Crippen LogP contribution in [0.1, 0.15) is 0 Å². The molecule has 0 aromatic heterocycles. The smallest absolute Gasteiger partial charge is 0.423 e. The number of hydrogen-bond donors (Lipinski definition) is 2. The molecule has 0 bridgehead atoms. The molecule has 12 aromatic carbocycles. The summed E-state index contributed by atoms with van der Waals surface area (Å²) in [5.41, 5.74) is 7.90. The van der Waals surface area contributed by atoms with Gasteiger partial charge in [-0.3, -0.25) is 0 Å². The van der Waals surface area contributed by atoms with E-state index in [2.05, 4.69) is 204 Å². The van der Waals surface area contributed by atoms with Gasteiger partial charge in [-0.25, -0.2) is 0 Å². The molecule has 0 fully saturated rings. The standard InChI is InChI=1S/C30H20.C16H13BO2.C14H9Br/c1-2-10-21(11-3-1)24-18-19-29(28-17-9-8-16-27(24)28)30-25-14-6-4-12-22(25)20-23-13-5-7-15-26(23)30;18-17(19)16-11-10-13(12-6-2-1-3-7-12)14-8-4-5-9-15(14)16;15-14-12-7-3-1-5-10(12)9-11-6-2-4-8-13(11)14/h1-20H;1-11,18-19H;1-9H. The van der Waals surface area contributed by atoms with Crippen molar-refractivity contribution in [3.63, 3.8) is 0 Å². The molecule has 2 nitrogen and oxygen atoms in total. The monoisotopic (exact) mass is 884 g/mol. The molecule has 0 heterocycles. The predicted molar refractivity (Wildman–Crippen MR) is 278 cm³/mol. The highest BCUT2D eigenvalue weighted by Crippen LogP contribution is 2.42. The summed E-state index contributed by atoms with van der Waals surface area (Å²) in [4.78, 5) is 0. The number of rotatable bonds is 4. The van der Waals surface area contributed by atoms with Crippen molar-refractivity contribution in [2.24, 2.45) is 0 Å². The molecule has 64 heavy (non-hydrogen) atoms. The lowest BCUT2D eigenvalue weighted by Crippen LogP contribution is -2.30. The first-order valence-corrected chi connectivity index (χ1v) is 22.3. The summed E-state index contributed by atoms with van der Waals surface area (Å²) in [6.07, 6.45) is 0. The first-order valence-electron chi connectivity index (χ1n) is 21.5. The van der Waals surface area contributed by atoms with E-state index in [-0.39, 0.29) is 0 Å². The number of hydrogen-bond acceptors (Lipinski definition) is 2. The van der Waals surface area contributed by atoms with Gasteiger partial charge in [0.2, 0.25) is 0 Å². The normalized spacial score (nSPS) is 11.0. The van der Waals surface area contributed by atoms with Gasteiger partial charge in [-0.1, -0.05) is 231 Å². The molecule has 0 unspecified atom stereocenters. The topological polar surface area (TPSA) is 40.5 Å². The molecule has 0 aliphatic carbocycles. The Morgan fingerprint density at radius 3 is 1.05 bits per heavy atom. The van der Waals surface area contributed by atoms with Crippen LogP contribution in [0.25, 0.3) is 98.0 Å². The van der Waals surface area contributed by atoms with E-state index in [1.165, 1.54) is 80.6 Å². The fraction of sp³-hybridized carbons (Fsp3) is 0. The summed E-state index contributed by atoms with van der Waals surface area (Å²) in [7, 11) is -1.45. The van der Waals surface area contributed by atoms with Crippen LogP contribution in [0.5, 0.6) is 0 Å². The van der Waals surface area contributed by atoms with Gasteiger partial charge >= 0.3 is 7.12 Å². The first-order chi connectivity index (χ1) is 31.5. The minimum Gasteiger partial charge on any atom is -0.423 e. The highest BCUT2D eigenvalue weighted by molar-refractivity contribution is 9.10. The van der Waals surface area contributed by atoms with Gasteiger partial charge < -0.3 is 10.0 Å².